The van der Waals surface area contributed by atoms with Crippen molar-refractivity contribution in [3.05, 3.63) is 86.7 Å². The summed E-state index contributed by atoms with van der Waals surface area (Å²) >= 11 is 5.92. The number of carbonyl (C=O) groups is 1. The van der Waals surface area contributed by atoms with Crippen molar-refractivity contribution in [1.82, 2.24) is 20.1 Å². The predicted molar refractivity (Wildman–Crippen MR) is 134 cm³/mol. The molecular weight excluding hydrogens is 432 g/mol. The molecule has 0 saturated carbocycles. The molecule has 0 aliphatic rings. The molecule has 0 unspecified atom stereocenters. The van der Waals surface area contributed by atoms with Gasteiger partial charge in [-0.3, -0.25) is 4.79 Å². The molecule has 0 aliphatic heterocycles. The number of aryl methyl sites for hydroxylation is 5. The molecule has 0 bridgehead atoms. The molecule has 2 aromatic heterocycles. The summed E-state index contributed by atoms with van der Waals surface area (Å²) in [5, 5.41) is 9.55. The second-order valence-corrected chi connectivity index (χ2v) is 9.10. The summed E-state index contributed by atoms with van der Waals surface area (Å²) in [6.45, 7) is 10.9. The lowest BCUT2D eigenvalue weighted by Gasteiger charge is -2.12. The molecule has 6 heteroatoms. The van der Waals surface area contributed by atoms with Crippen LogP contribution in [0.1, 0.15) is 45.6 Å². The number of amides is 1. The number of nitrogens with one attached hydrogen (secondary N) is 1. The Hall–Kier alpha value is -3.18. The molecule has 4 rings (SSSR count). The van der Waals surface area contributed by atoms with Crippen LogP contribution >= 0.6 is 11.6 Å². The van der Waals surface area contributed by atoms with E-state index >= 15 is 0 Å². The van der Waals surface area contributed by atoms with Crippen LogP contribution in [0.2, 0.25) is 5.02 Å². The normalized spacial score (nSPS) is 11.2. The van der Waals surface area contributed by atoms with E-state index in [1.165, 1.54) is 11.1 Å². The lowest BCUT2D eigenvalue weighted by atomic mass is 9.99. The Morgan fingerprint density at radius 1 is 0.970 bits per heavy atom. The minimum Gasteiger partial charge on any atom is -0.352 e. The highest BCUT2D eigenvalue weighted by Crippen LogP contribution is 2.28. The maximum absolute atomic E-state index is 12.5. The SMILES string of the molecule is Cc1ccc(-n2nc(C)c3c(C)c(CCC(=O)NCc4ccc(Cl)cc4)c(C)nc32)cc1C. The van der Waals surface area contributed by atoms with Gasteiger partial charge in [0.05, 0.1) is 11.4 Å². The molecule has 0 atom stereocenters. The van der Waals surface area contributed by atoms with E-state index in [0.29, 0.717) is 24.4 Å². The third-order valence-electron chi connectivity index (χ3n) is 6.31. The first kappa shape index (κ1) is 23.0. The van der Waals surface area contributed by atoms with Gasteiger partial charge in [0.25, 0.3) is 0 Å². The fourth-order valence-electron chi connectivity index (χ4n) is 4.24. The predicted octanol–water partition coefficient (Wildman–Crippen LogP) is 5.87. The molecule has 2 aromatic carbocycles. The van der Waals surface area contributed by atoms with Crippen molar-refractivity contribution in [3.8, 4) is 5.69 Å². The number of pyridine rings is 1. The minimum absolute atomic E-state index is 0.0198. The zero-order valence-electron chi connectivity index (χ0n) is 19.8. The number of aromatic nitrogens is 3. The van der Waals surface area contributed by atoms with Gasteiger partial charge in [0.1, 0.15) is 0 Å². The van der Waals surface area contributed by atoms with Gasteiger partial charge in [-0.2, -0.15) is 5.10 Å². The summed E-state index contributed by atoms with van der Waals surface area (Å²) in [6.07, 6.45) is 1.05. The first-order valence-electron chi connectivity index (χ1n) is 11.2. The number of fused-ring (bicyclic) bond motifs is 1. The van der Waals surface area contributed by atoms with Gasteiger partial charge in [0, 0.05) is 29.1 Å². The molecule has 1 N–H and O–H groups in total. The minimum atomic E-state index is 0.0198. The molecule has 5 nitrogen and oxygen atoms in total. The zero-order chi connectivity index (χ0) is 23.7. The number of hydrogen-bond acceptors (Lipinski definition) is 3. The Morgan fingerprint density at radius 2 is 1.70 bits per heavy atom. The first-order chi connectivity index (χ1) is 15.7. The maximum atomic E-state index is 12.5. The Morgan fingerprint density at radius 3 is 2.39 bits per heavy atom. The van der Waals surface area contributed by atoms with Gasteiger partial charge in [-0.25, -0.2) is 9.67 Å². The van der Waals surface area contributed by atoms with Crippen LogP contribution in [0.3, 0.4) is 0 Å². The van der Waals surface area contributed by atoms with Crippen molar-refractivity contribution < 1.29 is 4.79 Å². The standard InChI is InChI=1S/C27H29ClN4O/c1-16-6-11-23(14-17(16)2)32-27-26(20(5)31-32)18(3)24(19(4)30-27)12-13-25(33)29-15-21-7-9-22(28)10-8-21/h6-11,14H,12-13,15H2,1-5H3,(H,29,33). The maximum Gasteiger partial charge on any atom is 0.220 e. The van der Waals surface area contributed by atoms with Gasteiger partial charge in [-0.1, -0.05) is 29.8 Å². The Labute approximate surface area is 199 Å². The molecule has 33 heavy (non-hydrogen) atoms. The topological polar surface area (TPSA) is 59.8 Å². The number of hydrogen-bond donors (Lipinski definition) is 1. The van der Waals surface area contributed by atoms with Crippen LogP contribution in [0.5, 0.6) is 0 Å². The van der Waals surface area contributed by atoms with Gasteiger partial charge in [0.15, 0.2) is 5.65 Å². The third kappa shape index (κ3) is 4.79. The molecule has 0 spiro atoms. The second-order valence-electron chi connectivity index (χ2n) is 8.67. The lowest BCUT2D eigenvalue weighted by molar-refractivity contribution is -0.121. The van der Waals surface area contributed by atoms with Crippen molar-refractivity contribution in [2.24, 2.45) is 0 Å². The van der Waals surface area contributed by atoms with Gasteiger partial charge in [-0.05, 0) is 93.1 Å². The van der Waals surface area contributed by atoms with Crippen LogP contribution in [-0.4, -0.2) is 20.7 Å². The molecule has 1 amide bonds. The van der Waals surface area contributed by atoms with Crippen LogP contribution in [0.25, 0.3) is 16.7 Å². The van der Waals surface area contributed by atoms with Gasteiger partial charge < -0.3 is 5.32 Å². The van der Waals surface area contributed by atoms with E-state index in [-0.39, 0.29) is 5.91 Å². The summed E-state index contributed by atoms with van der Waals surface area (Å²) in [4.78, 5) is 17.4. The van der Waals surface area contributed by atoms with Crippen LogP contribution in [-0.2, 0) is 17.8 Å². The van der Waals surface area contributed by atoms with E-state index < -0.39 is 0 Å². The smallest absolute Gasteiger partial charge is 0.220 e. The molecular formula is C27H29ClN4O. The molecule has 170 valence electrons. The zero-order valence-corrected chi connectivity index (χ0v) is 20.5. The summed E-state index contributed by atoms with van der Waals surface area (Å²) in [5.74, 6) is 0.0198. The summed E-state index contributed by atoms with van der Waals surface area (Å²) in [6, 6.07) is 13.8. The van der Waals surface area contributed by atoms with E-state index in [1.54, 1.807) is 0 Å². The largest absolute Gasteiger partial charge is 0.352 e. The number of carbonyl (C=O) groups excluding carboxylic acids is 1. The summed E-state index contributed by atoms with van der Waals surface area (Å²) < 4.78 is 1.93. The summed E-state index contributed by atoms with van der Waals surface area (Å²) in [5.41, 5.74) is 9.53. The van der Waals surface area contributed by atoms with Crippen molar-refractivity contribution >= 4 is 28.5 Å². The van der Waals surface area contributed by atoms with Crippen molar-refractivity contribution in [1.29, 1.82) is 0 Å². The highest BCUT2D eigenvalue weighted by Gasteiger charge is 2.18. The van der Waals surface area contributed by atoms with Crippen LogP contribution in [0, 0.1) is 34.6 Å². The average molecular weight is 461 g/mol. The second kappa shape index (κ2) is 9.36. The lowest BCUT2D eigenvalue weighted by Crippen LogP contribution is -2.23. The van der Waals surface area contributed by atoms with Crippen molar-refractivity contribution in [2.75, 3.05) is 0 Å². The van der Waals surface area contributed by atoms with Gasteiger partial charge >= 0.3 is 0 Å². The molecule has 2 heterocycles. The average Bonchev–Trinajstić information content (AvgIpc) is 3.11. The number of benzene rings is 2. The third-order valence-corrected chi connectivity index (χ3v) is 6.57. The van der Waals surface area contributed by atoms with E-state index in [2.05, 4.69) is 44.3 Å². The highest BCUT2D eigenvalue weighted by atomic mass is 35.5. The van der Waals surface area contributed by atoms with Crippen LogP contribution < -0.4 is 5.32 Å². The highest BCUT2D eigenvalue weighted by molar-refractivity contribution is 6.30. The van der Waals surface area contributed by atoms with E-state index in [0.717, 1.165) is 44.8 Å². The molecule has 0 fully saturated rings. The number of nitrogens with zero attached hydrogens (tertiary/aromatic N) is 3. The van der Waals surface area contributed by atoms with Crippen molar-refractivity contribution in [3.63, 3.8) is 0 Å². The number of halogens is 1. The van der Waals surface area contributed by atoms with Crippen LogP contribution in [0.15, 0.2) is 42.5 Å². The Bertz CT molecular complexity index is 1340. The van der Waals surface area contributed by atoms with Gasteiger partial charge in [0.2, 0.25) is 5.91 Å². The number of rotatable bonds is 6. The molecule has 0 radical (unpaired) electrons. The fourth-order valence-corrected chi connectivity index (χ4v) is 4.37. The summed E-state index contributed by atoms with van der Waals surface area (Å²) in [7, 11) is 0. The first-order valence-corrected chi connectivity index (χ1v) is 11.6. The van der Waals surface area contributed by atoms with E-state index in [9.17, 15) is 4.79 Å². The molecule has 0 saturated heterocycles. The Kier molecular flexibility index (Phi) is 6.52. The van der Waals surface area contributed by atoms with Crippen LogP contribution in [0.4, 0.5) is 0 Å². The van der Waals surface area contributed by atoms with E-state index in [1.807, 2.05) is 42.8 Å². The molecule has 4 aromatic rings. The van der Waals surface area contributed by atoms with Crippen molar-refractivity contribution in [2.45, 2.75) is 54.0 Å². The monoisotopic (exact) mass is 460 g/mol. The van der Waals surface area contributed by atoms with E-state index in [4.69, 9.17) is 21.7 Å². The quantitative estimate of drug-likeness (QED) is 0.391. The fraction of sp³-hybridized carbons (Fsp3) is 0.296. The molecule has 0 aliphatic carbocycles. The Balaban J connectivity index is 1.55. The van der Waals surface area contributed by atoms with Gasteiger partial charge in [-0.15, -0.1) is 0 Å².